The second-order valence-electron chi connectivity index (χ2n) is 7.64. The van der Waals surface area contributed by atoms with Crippen molar-refractivity contribution in [1.82, 2.24) is 9.78 Å². The zero-order chi connectivity index (χ0) is 24.8. The molecule has 182 valence electrons. The van der Waals surface area contributed by atoms with Crippen molar-refractivity contribution in [2.75, 3.05) is 11.9 Å². The molecular weight excluding hydrogens is 483 g/mol. The summed E-state index contributed by atoms with van der Waals surface area (Å²) < 4.78 is 51.9. The van der Waals surface area contributed by atoms with Crippen molar-refractivity contribution in [3.8, 4) is 11.6 Å². The van der Waals surface area contributed by atoms with E-state index in [0.717, 1.165) is 16.3 Å². The van der Waals surface area contributed by atoms with Crippen LogP contribution >= 0.6 is 11.6 Å². The fourth-order valence-electron chi connectivity index (χ4n) is 3.32. The van der Waals surface area contributed by atoms with Crippen LogP contribution in [0.4, 0.5) is 18.9 Å². The fourth-order valence-corrected chi connectivity index (χ4v) is 3.59. The highest BCUT2D eigenvalue weighted by Crippen LogP contribution is 2.34. The standard InChI is InChI=1S/C25H21ClF3N3O3/c26-20-11-4-5-12-21(20)32-24(14-22(31-32)25(27,28)29)35-16-23(33)30-18-9-6-10-19(13-18)34-15-17-7-2-1-3-8-17/h1-10,12-14,20H,11,15-16H2,(H,30,33). The molecule has 0 bridgehead atoms. The number of hydrogen-bond donors (Lipinski definition) is 1. The van der Waals surface area contributed by atoms with E-state index in [-0.39, 0.29) is 5.88 Å². The van der Waals surface area contributed by atoms with Crippen molar-refractivity contribution >= 4 is 28.9 Å². The van der Waals surface area contributed by atoms with Gasteiger partial charge in [-0.2, -0.15) is 18.3 Å². The summed E-state index contributed by atoms with van der Waals surface area (Å²) in [5.41, 5.74) is 0.626. The van der Waals surface area contributed by atoms with Crippen molar-refractivity contribution in [2.45, 2.75) is 24.6 Å². The van der Waals surface area contributed by atoms with Crippen molar-refractivity contribution in [3.05, 3.63) is 90.1 Å². The summed E-state index contributed by atoms with van der Waals surface area (Å²) >= 11 is 6.25. The lowest BCUT2D eigenvalue weighted by atomic mass is 10.1. The molecule has 35 heavy (non-hydrogen) atoms. The molecule has 6 nitrogen and oxygen atoms in total. The lowest BCUT2D eigenvalue weighted by Crippen LogP contribution is -2.22. The average Bonchev–Trinajstić information content (AvgIpc) is 3.27. The molecule has 1 atom stereocenters. The van der Waals surface area contributed by atoms with Gasteiger partial charge in [-0.05, 0) is 30.2 Å². The maximum Gasteiger partial charge on any atom is 0.435 e. The van der Waals surface area contributed by atoms with E-state index in [1.165, 1.54) is 0 Å². The van der Waals surface area contributed by atoms with Crippen LogP contribution in [-0.4, -0.2) is 27.7 Å². The highest BCUT2D eigenvalue weighted by Gasteiger charge is 2.36. The summed E-state index contributed by atoms with van der Waals surface area (Å²) in [6, 6.07) is 17.1. The molecule has 1 N–H and O–H groups in total. The molecule has 1 amide bonds. The number of aromatic nitrogens is 2. The van der Waals surface area contributed by atoms with Crippen LogP contribution in [-0.2, 0) is 17.6 Å². The molecule has 3 aromatic rings. The molecule has 0 aliphatic heterocycles. The number of ether oxygens (including phenoxy) is 2. The zero-order valence-electron chi connectivity index (χ0n) is 18.3. The Labute approximate surface area is 204 Å². The van der Waals surface area contributed by atoms with Crippen LogP contribution in [0.5, 0.6) is 11.6 Å². The third-order valence-electron chi connectivity index (χ3n) is 5.00. The molecule has 4 rings (SSSR count). The van der Waals surface area contributed by atoms with Crippen LogP contribution in [0.15, 0.2) is 78.9 Å². The Hall–Kier alpha value is -3.72. The smallest absolute Gasteiger partial charge is 0.435 e. The first-order valence-electron chi connectivity index (χ1n) is 10.7. The third kappa shape index (κ3) is 6.45. The molecule has 1 aliphatic rings. The zero-order valence-corrected chi connectivity index (χ0v) is 19.1. The summed E-state index contributed by atoms with van der Waals surface area (Å²) in [5.74, 6) is -0.253. The van der Waals surface area contributed by atoms with Crippen LogP contribution in [0.3, 0.4) is 0 Å². The summed E-state index contributed by atoms with van der Waals surface area (Å²) in [5, 5.41) is 5.67. The number of nitrogens with zero attached hydrogens (tertiary/aromatic N) is 2. The van der Waals surface area contributed by atoms with E-state index in [9.17, 15) is 18.0 Å². The molecule has 0 saturated heterocycles. The molecule has 0 radical (unpaired) electrons. The Morgan fingerprint density at radius 3 is 2.66 bits per heavy atom. The molecule has 2 aromatic carbocycles. The largest absolute Gasteiger partial charge is 0.489 e. The van der Waals surface area contributed by atoms with Crippen LogP contribution in [0.1, 0.15) is 17.7 Å². The van der Waals surface area contributed by atoms with Gasteiger partial charge in [-0.25, -0.2) is 4.68 Å². The Morgan fingerprint density at radius 2 is 1.91 bits per heavy atom. The number of amides is 1. The van der Waals surface area contributed by atoms with Crippen LogP contribution < -0.4 is 14.8 Å². The van der Waals surface area contributed by atoms with Gasteiger partial charge in [0, 0.05) is 17.8 Å². The first-order valence-corrected chi connectivity index (χ1v) is 11.1. The first kappa shape index (κ1) is 24.4. The molecule has 1 aliphatic carbocycles. The number of allylic oxidation sites excluding steroid dienone is 4. The SMILES string of the molecule is O=C(COc1cc(C(F)(F)F)nn1C1=CC=CCC1Cl)Nc1cccc(OCc2ccccc2)c1. The lowest BCUT2D eigenvalue weighted by molar-refractivity contribution is -0.141. The van der Waals surface area contributed by atoms with Gasteiger partial charge in [-0.1, -0.05) is 48.6 Å². The average molecular weight is 504 g/mol. The molecule has 0 saturated carbocycles. The van der Waals surface area contributed by atoms with Crippen LogP contribution in [0, 0.1) is 0 Å². The van der Waals surface area contributed by atoms with Gasteiger partial charge in [0.15, 0.2) is 12.3 Å². The minimum atomic E-state index is -4.68. The number of carbonyl (C=O) groups is 1. The van der Waals surface area contributed by atoms with E-state index in [0.29, 0.717) is 30.2 Å². The van der Waals surface area contributed by atoms with Gasteiger partial charge in [-0.3, -0.25) is 4.79 Å². The predicted octanol–water partition coefficient (Wildman–Crippen LogP) is 5.91. The van der Waals surface area contributed by atoms with E-state index in [2.05, 4.69) is 10.4 Å². The minimum absolute atomic E-state index is 0.236. The molecule has 0 fully saturated rings. The molecule has 10 heteroatoms. The Kier molecular flexibility index (Phi) is 7.45. The van der Waals surface area contributed by atoms with Crippen LogP contribution in [0.25, 0.3) is 5.70 Å². The summed E-state index contributed by atoms with van der Waals surface area (Å²) in [6.45, 7) is -0.173. The number of hydrogen-bond acceptors (Lipinski definition) is 4. The highest BCUT2D eigenvalue weighted by molar-refractivity contribution is 6.25. The summed E-state index contributed by atoms with van der Waals surface area (Å²) in [7, 11) is 0. The second-order valence-corrected chi connectivity index (χ2v) is 8.17. The minimum Gasteiger partial charge on any atom is -0.489 e. The Balaban J connectivity index is 1.41. The quantitative estimate of drug-likeness (QED) is 0.388. The number of rotatable bonds is 8. The van der Waals surface area contributed by atoms with Gasteiger partial charge in [0.25, 0.3) is 5.91 Å². The van der Waals surface area contributed by atoms with Crippen molar-refractivity contribution in [3.63, 3.8) is 0 Å². The van der Waals surface area contributed by atoms with Crippen LogP contribution in [0.2, 0.25) is 0 Å². The number of benzene rings is 2. The Morgan fingerprint density at radius 1 is 1.11 bits per heavy atom. The predicted molar refractivity (Wildman–Crippen MR) is 126 cm³/mol. The Bertz CT molecular complexity index is 1240. The molecule has 1 aromatic heterocycles. The number of carbonyl (C=O) groups excluding carboxylic acids is 1. The van der Waals surface area contributed by atoms with Crippen molar-refractivity contribution < 1.29 is 27.4 Å². The summed E-state index contributed by atoms with van der Waals surface area (Å²) in [6.07, 6.45) is 0.769. The second kappa shape index (κ2) is 10.7. The van der Waals surface area contributed by atoms with E-state index in [1.54, 1.807) is 42.5 Å². The van der Waals surface area contributed by atoms with E-state index in [1.807, 2.05) is 30.3 Å². The van der Waals surface area contributed by atoms with Gasteiger partial charge < -0.3 is 14.8 Å². The molecule has 1 heterocycles. The molecule has 0 spiro atoms. The maximum absolute atomic E-state index is 13.3. The first-order chi connectivity index (χ1) is 16.8. The molecular formula is C25H21ClF3N3O3. The highest BCUT2D eigenvalue weighted by atomic mass is 35.5. The van der Waals surface area contributed by atoms with Crippen molar-refractivity contribution in [1.29, 1.82) is 0 Å². The third-order valence-corrected chi connectivity index (χ3v) is 5.40. The van der Waals surface area contributed by atoms with Gasteiger partial charge in [0.05, 0.1) is 11.1 Å². The monoisotopic (exact) mass is 503 g/mol. The lowest BCUT2D eigenvalue weighted by Gasteiger charge is -2.17. The number of nitrogens with one attached hydrogen (secondary N) is 1. The van der Waals surface area contributed by atoms with Crippen molar-refractivity contribution in [2.24, 2.45) is 0 Å². The normalized spacial score (nSPS) is 15.4. The summed E-state index contributed by atoms with van der Waals surface area (Å²) in [4.78, 5) is 12.5. The number of halogens is 4. The molecule has 1 unspecified atom stereocenters. The van der Waals surface area contributed by atoms with E-state index >= 15 is 0 Å². The van der Waals surface area contributed by atoms with Gasteiger partial charge in [0.1, 0.15) is 12.4 Å². The topological polar surface area (TPSA) is 65.4 Å². The van der Waals surface area contributed by atoms with E-state index in [4.69, 9.17) is 21.1 Å². The fraction of sp³-hybridized carbons (Fsp3) is 0.200. The van der Waals surface area contributed by atoms with E-state index < -0.39 is 29.8 Å². The number of anilines is 1. The number of alkyl halides is 4. The van der Waals surface area contributed by atoms with Gasteiger partial charge in [0.2, 0.25) is 5.88 Å². The van der Waals surface area contributed by atoms with Gasteiger partial charge >= 0.3 is 6.18 Å². The van der Waals surface area contributed by atoms with Gasteiger partial charge in [-0.15, -0.1) is 11.6 Å². The maximum atomic E-state index is 13.3.